The van der Waals surface area contributed by atoms with Crippen molar-refractivity contribution >= 4 is 0 Å². The van der Waals surface area contributed by atoms with Crippen LogP contribution in [0.4, 0.5) is 0 Å². The summed E-state index contributed by atoms with van der Waals surface area (Å²) in [6.45, 7) is 0. The van der Waals surface area contributed by atoms with Gasteiger partial charge in [0.1, 0.15) is 0 Å². The highest BCUT2D eigenvalue weighted by Gasteiger charge is 2.41. The average Bonchev–Trinajstić information content (AvgIpc) is 2.35. The van der Waals surface area contributed by atoms with E-state index in [1.807, 2.05) is 0 Å². The van der Waals surface area contributed by atoms with Crippen molar-refractivity contribution < 1.29 is 10.2 Å². The summed E-state index contributed by atoms with van der Waals surface area (Å²) < 4.78 is 0. The van der Waals surface area contributed by atoms with Crippen molar-refractivity contribution in [3.05, 3.63) is 0 Å². The fourth-order valence-corrected chi connectivity index (χ4v) is 2.53. The highest BCUT2D eigenvalue weighted by molar-refractivity contribution is 4.92. The van der Waals surface area contributed by atoms with Gasteiger partial charge in [0.25, 0.3) is 0 Å². The first-order valence-corrected chi connectivity index (χ1v) is 4.13. The van der Waals surface area contributed by atoms with E-state index in [-0.39, 0.29) is 12.2 Å². The smallest absolute Gasteiger partial charge is 0.0572 e. The van der Waals surface area contributed by atoms with Crippen molar-refractivity contribution in [2.45, 2.75) is 37.9 Å². The van der Waals surface area contributed by atoms with Crippen LogP contribution in [-0.2, 0) is 0 Å². The van der Waals surface area contributed by atoms with Crippen molar-refractivity contribution in [2.24, 2.45) is 11.8 Å². The molecule has 58 valence electrons. The number of rotatable bonds is 0. The van der Waals surface area contributed by atoms with E-state index in [1.165, 1.54) is 0 Å². The van der Waals surface area contributed by atoms with Gasteiger partial charge in [-0.2, -0.15) is 0 Å². The fourth-order valence-electron chi connectivity index (χ4n) is 2.53. The van der Waals surface area contributed by atoms with E-state index >= 15 is 0 Å². The highest BCUT2D eigenvalue weighted by Crippen LogP contribution is 2.43. The van der Waals surface area contributed by atoms with Crippen molar-refractivity contribution in [1.29, 1.82) is 0 Å². The lowest BCUT2D eigenvalue weighted by Gasteiger charge is -2.10. The van der Waals surface area contributed by atoms with E-state index in [0.29, 0.717) is 11.8 Å². The zero-order valence-electron chi connectivity index (χ0n) is 6.03. The van der Waals surface area contributed by atoms with Gasteiger partial charge in [-0.25, -0.2) is 0 Å². The molecule has 2 aliphatic rings. The second-order valence-corrected chi connectivity index (χ2v) is 3.69. The summed E-state index contributed by atoms with van der Waals surface area (Å²) in [7, 11) is 0. The Morgan fingerprint density at radius 1 is 1.00 bits per heavy atom. The Bertz CT molecular complexity index is 135. The van der Waals surface area contributed by atoms with Crippen LogP contribution >= 0.6 is 0 Å². The van der Waals surface area contributed by atoms with Gasteiger partial charge in [0, 0.05) is 0 Å². The lowest BCUT2D eigenvalue weighted by atomic mass is 9.99. The minimum atomic E-state index is -0.120. The summed E-state index contributed by atoms with van der Waals surface area (Å²) in [6.07, 6.45) is 3.63. The predicted molar refractivity (Wildman–Crippen MR) is 37.5 cm³/mol. The molecule has 2 nitrogen and oxygen atoms in total. The van der Waals surface area contributed by atoms with Crippen LogP contribution in [0.15, 0.2) is 0 Å². The van der Waals surface area contributed by atoms with Crippen LogP contribution in [0, 0.1) is 11.8 Å². The van der Waals surface area contributed by atoms with E-state index < -0.39 is 0 Å². The van der Waals surface area contributed by atoms with E-state index in [4.69, 9.17) is 0 Å². The molecule has 0 radical (unpaired) electrons. The molecule has 2 heteroatoms. The molecule has 0 aromatic carbocycles. The molecular formula is C8H14O2. The van der Waals surface area contributed by atoms with Gasteiger partial charge in [0.05, 0.1) is 12.2 Å². The van der Waals surface area contributed by atoms with Crippen molar-refractivity contribution in [3.8, 4) is 0 Å². The van der Waals surface area contributed by atoms with Gasteiger partial charge in [0.15, 0.2) is 0 Å². The molecule has 10 heavy (non-hydrogen) atoms. The standard InChI is InChI=1S/C8H14O2/c9-6-3-5-1-2-8(10)7(5)4-6/h5-10H,1-4H2. The second kappa shape index (κ2) is 2.21. The van der Waals surface area contributed by atoms with Gasteiger partial charge < -0.3 is 10.2 Å². The van der Waals surface area contributed by atoms with Gasteiger partial charge in [-0.05, 0) is 37.5 Å². The van der Waals surface area contributed by atoms with E-state index in [0.717, 1.165) is 25.7 Å². The Morgan fingerprint density at radius 3 is 2.50 bits per heavy atom. The van der Waals surface area contributed by atoms with E-state index in [9.17, 15) is 10.2 Å². The summed E-state index contributed by atoms with van der Waals surface area (Å²) in [5.74, 6) is 1.06. The predicted octanol–water partition coefficient (Wildman–Crippen LogP) is 0.528. The molecule has 2 fully saturated rings. The highest BCUT2D eigenvalue weighted by atomic mass is 16.3. The summed E-state index contributed by atoms with van der Waals surface area (Å²) in [5.41, 5.74) is 0. The molecule has 4 unspecified atom stereocenters. The molecule has 4 atom stereocenters. The summed E-state index contributed by atoms with van der Waals surface area (Å²) in [4.78, 5) is 0. The van der Waals surface area contributed by atoms with Gasteiger partial charge in [-0.3, -0.25) is 0 Å². The maximum absolute atomic E-state index is 9.41. The third kappa shape index (κ3) is 0.867. The number of aliphatic hydroxyl groups excluding tert-OH is 2. The second-order valence-electron chi connectivity index (χ2n) is 3.69. The Labute approximate surface area is 60.9 Å². The zero-order chi connectivity index (χ0) is 7.14. The number of hydrogen-bond donors (Lipinski definition) is 2. The molecule has 0 bridgehead atoms. The molecule has 0 amide bonds. The number of fused-ring (bicyclic) bond motifs is 1. The average molecular weight is 142 g/mol. The molecule has 0 spiro atoms. The van der Waals surface area contributed by atoms with Crippen LogP contribution in [0.1, 0.15) is 25.7 Å². The van der Waals surface area contributed by atoms with Gasteiger partial charge >= 0.3 is 0 Å². The molecule has 2 rings (SSSR count). The molecule has 0 aromatic rings. The fraction of sp³-hybridized carbons (Fsp3) is 1.00. The molecule has 2 saturated carbocycles. The minimum Gasteiger partial charge on any atom is -0.393 e. The minimum absolute atomic E-state index is 0.109. The normalized spacial score (nSPS) is 53.4. The molecule has 2 N–H and O–H groups in total. The first-order valence-electron chi connectivity index (χ1n) is 4.13. The van der Waals surface area contributed by atoms with Crippen LogP contribution in [0.25, 0.3) is 0 Å². The number of aliphatic hydroxyl groups is 2. The van der Waals surface area contributed by atoms with Crippen molar-refractivity contribution in [2.75, 3.05) is 0 Å². The van der Waals surface area contributed by atoms with Gasteiger partial charge in [0.2, 0.25) is 0 Å². The maximum Gasteiger partial charge on any atom is 0.0572 e. The zero-order valence-corrected chi connectivity index (χ0v) is 6.03. The lowest BCUT2D eigenvalue weighted by Crippen LogP contribution is -2.14. The summed E-state index contributed by atoms with van der Waals surface area (Å²) in [6, 6.07) is 0. The third-order valence-electron chi connectivity index (χ3n) is 3.05. The van der Waals surface area contributed by atoms with Crippen molar-refractivity contribution in [1.82, 2.24) is 0 Å². The van der Waals surface area contributed by atoms with Crippen LogP contribution in [0.3, 0.4) is 0 Å². The van der Waals surface area contributed by atoms with Crippen molar-refractivity contribution in [3.63, 3.8) is 0 Å². The molecule has 0 heterocycles. The van der Waals surface area contributed by atoms with Gasteiger partial charge in [-0.15, -0.1) is 0 Å². The molecule has 2 aliphatic carbocycles. The van der Waals surface area contributed by atoms with Crippen LogP contribution in [0.5, 0.6) is 0 Å². The largest absolute Gasteiger partial charge is 0.393 e. The summed E-state index contributed by atoms with van der Waals surface area (Å²) >= 11 is 0. The van der Waals surface area contributed by atoms with Gasteiger partial charge in [-0.1, -0.05) is 0 Å². The van der Waals surface area contributed by atoms with Crippen LogP contribution < -0.4 is 0 Å². The Kier molecular flexibility index (Phi) is 1.46. The first-order chi connectivity index (χ1) is 4.77. The van der Waals surface area contributed by atoms with E-state index in [1.54, 1.807) is 0 Å². The SMILES string of the molecule is OC1CC2CCC(O)C2C1. The third-order valence-corrected chi connectivity index (χ3v) is 3.05. The Morgan fingerprint density at radius 2 is 1.80 bits per heavy atom. The molecular weight excluding hydrogens is 128 g/mol. The van der Waals surface area contributed by atoms with Crippen LogP contribution in [0.2, 0.25) is 0 Å². The number of hydrogen-bond acceptors (Lipinski definition) is 2. The van der Waals surface area contributed by atoms with Crippen LogP contribution in [-0.4, -0.2) is 22.4 Å². The monoisotopic (exact) mass is 142 g/mol. The molecule has 0 saturated heterocycles. The molecule has 0 aliphatic heterocycles. The first kappa shape index (κ1) is 6.62. The maximum atomic E-state index is 9.41. The summed E-state index contributed by atoms with van der Waals surface area (Å²) in [5, 5.41) is 18.6. The lowest BCUT2D eigenvalue weighted by molar-refractivity contribution is 0.108. The molecule has 0 aromatic heterocycles. The quantitative estimate of drug-likeness (QED) is 0.518. The topological polar surface area (TPSA) is 40.5 Å². The Balaban J connectivity index is 2.05. The Hall–Kier alpha value is -0.0800. The van der Waals surface area contributed by atoms with E-state index in [2.05, 4.69) is 0 Å².